The van der Waals surface area contributed by atoms with E-state index in [4.69, 9.17) is 10.5 Å². The van der Waals surface area contributed by atoms with Gasteiger partial charge in [0.2, 0.25) is 11.8 Å². The molecule has 2 rings (SSSR count). The molecule has 1 heterocycles. The lowest BCUT2D eigenvalue weighted by atomic mass is 9.95. The maximum absolute atomic E-state index is 13.0. The van der Waals surface area contributed by atoms with Crippen LogP contribution in [0.15, 0.2) is 30.3 Å². The maximum atomic E-state index is 13.0. The second kappa shape index (κ2) is 11.7. The van der Waals surface area contributed by atoms with Gasteiger partial charge in [0.25, 0.3) is 11.0 Å². The van der Waals surface area contributed by atoms with E-state index in [-0.39, 0.29) is 35.9 Å². The first-order valence-electron chi connectivity index (χ1n) is 10.7. The highest BCUT2D eigenvalue weighted by Crippen LogP contribution is 2.32. The third kappa shape index (κ3) is 7.80. The molecule has 0 spiro atoms. The van der Waals surface area contributed by atoms with E-state index in [2.05, 4.69) is 14.5 Å². The van der Waals surface area contributed by atoms with Crippen molar-refractivity contribution in [3.8, 4) is 11.6 Å². The van der Waals surface area contributed by atoms with E-state index in [1.807, 2.05) is 6.92 Å². The molecule has 4 N–H and O–H groups in total. The number of alkyl halides is 3. The molecular formula is C22H28F3N3O6S. The van der Waals surface area contributed by atoms with Crippen molar-refractivity contribution in [3.05, 3.63) is 52.7 Å². The monoisotopic (exact) mass is 519 g/mol. The SMILES string of the molecule is CCCCOc1nc(C(F)(F)F)ccc1CNC(=O)C(C)c1ccc(C(C)(N)O[SH](=O)=O)c(O)c1. The Hall–Kier alpha value is -2.90. The summed E-state index contributed by atoms with van der Waals surface area (Å²) in [5.41, 5.74) is 3.55. The number of nitrogens with zero attached hydrogens (tertiary/aromatic N) is 1. The molecule has 9 nitrogen and oxygen atoms in total. The van der Waals surface area contributed by atoms with Gasteiger partial charge in [0.1, 0.15) is 11.4 Å². The number of amides is 1. The van der Waals surface area contributed by atoms with Crippen LogP contribution in [-0.2, 0) is 38.4 Å². The molecule has 0 aliphatic carbocycles. The van der Waals surface area contributed by atoms with E-state index < -0.39 is 40.4 Å². The molecule has 35 heavy (non-hydrogen) atoms. The zero-order valence-corrected chi connectivity index (χ0v) is 20.3. The number of carbonyl (C=O) groups is 1. The van der Waals surface area contributed by atoms with E-state index in [1.54, 1.807) is 6.92 Å². The van der Waals surface area contributed by atoms with Crippen LogP contribution < -0.4 is 15.8 Å². The second-order valence-electron chi connectivity index (χ2n) is 8.00. The molecule has 194 valence electrons. The number of hydrogen-bond acceptors (Lipinski definition) is 8. The van der Waals surface area contributed by atoms with Crippen LogP contribution in [0.1, 0.15) is 61.9 Å². The van der Waals surface area contributed by atoms with E-state index in [9.17, 15) is 31.5 Å². The van der Waals surface area contributed by atoms with Crippen LogP contribution in [-0.4, -0.2) is 31.0 Å². The Morgan fingerprint density at radius 3 is 2.51 bits per heavy atom. The molecular weight excluding hydrogens is 491 g/mol. The fourth-order valence-electron chi connectivity index (χ4n) is 3.13. The lowest BCUT2D eigenvalue weighted by Gasteiger charge is -2.23. The summed E-state index contributed by atoms with van der Waals surface area (Å²) in [6, 6.07) is 6.09. The predicted molar refractivity (Wildman–Crippen MR) is 121 cm³/mol. The number of halogens is 3. The van der Waals surface area contributed by atoms with Crippen LogP contribution >= 0.6 is 0 Å². The molecule has 2 unspecified atom stereocenters. The fourth-order valence-corrected chi connectivity index (χ4v) is 3.54. The molecule has 0 fully saturated rings. The number of thiol groups is 1. The highest BCUT2D eigenvalue weighted by molar-refractivity contribution is 7.67. The highest BCUT2D eigenvalue weighted by atomic mass is 32.2. The van der Waals surface area contributed by atoms with E-state index in [0.29, 0.717) is 12.0 Å². The van der Waals surface area contributed by atoms with Crippen LogP contribution in [0.2, 0.25) is 0 Å². The van der Waals surface area contributed by atoms with Gasteiger partial charge in [0.05, 0.1) is 12.5 Å². The summed E-state index contributed by atoms with van der Waals surface area (Å²) >= 11 is 0. The molecule has 1 amide bonds. The molecule has 13 heteroatoms. The zero-order chi connectivity index (χ0) is 26.4. The van der Waals surface area contributed by atoms with Crippen molar-refractivity contribution < 1.29 is 40.4 Å². The quantitative estimate of drug-likeness (QED) is 0.202. The first-order valence-corrected chi connectivity index (χ1v) is 11.8. The van der Waals surface area contributed by atoms with Gasteiger partial charge in [-0.2, -0.15) is 13.2 Å². The standard InChI is InChI=1S/C22H28F3N3O6S/c1-4-5-10-33-20-15(7-9-18(28-20)22(23,24)25)12-27-19(30)13(2)14-6-8-16(17(29)11-14)21(3,26)34-35(31)32/h6-9,11,13,29,35H,4-5,10,12,26H2,1-3H3,(H,27,30). The lowest BCUT2D eigenvalue weighted by Crippen LogP contribution is -2.36. The number of ether oxygens (including phenoxy) is 1. The Bertz CT molecular complexity index is 1110. The number of aromatic hydroxyl groups is 1. The Morgan fingerprint density at radius 1 is 1.26 bits per heavy atom. The molecule has 0 saturated heterocycles. The molecule has 1 aromatic carbocycles. The number of nitrogens with one attached hydrogen (secondary N) is 1. The fraction of sp³-hybridized carbons (Fsp3) is 0.455. The molecule has 0 aliphatic rings. The normalized spacial score (nSPS) is 14.4. The number of unbranched alkanes of at least 4 members (excludes halogenated alkanes) is 1. The van der Waals surface area contributed by atoms with Crippen molar-refractivity contribution >= 4 is 16.9 Å². The van der Waals surface area contributed by atoms with Gasteiger partial charge < -0.3 is 15.2 Å². The highest BCUT2D eigenvalue weighted by Gasteiger charge is 2.33. The van der Waals surface area contributed by atoms with Crippen molar-refractivity contribution in [1.29, 1.82) is 0 Å². The number of hydrogen-bond donors (Lipinski definition) is 4. The molecule has 2 aromatic rings. The third-order valence-corrected chi connectivity index (χ3v) is 5.66. The summed E-state index contributed by atoms with van der Waals surface area (Å²) in [6.07, 6.45) is -3.24. The van der Waals surface area contributed by atoms with Gasteiger partial charge in [0.15, 0.2) is 5.72 Å². The molecule has 1 aromatic heterocycles. The van der Waals surface area contributed by atoms with Crippen molar-refractivity contribution in [2.75, 3.05) is 6.61 Å². The van der Waals surface area contributed by atoms with Crippen LogP contribution in [0.3, 0.4) is 0 Å². The Balaban J connectivity index is 2.16. The molecule has 0 bridgehead atoms. The maximum Gasteiger partial charge on any atom is 0.433 e. The number of rotatable bonds is 11. The first kappa shape index (κ1) is 28.3. The van der Waals surface area contributed by atoms with Gasteiger partial charge in [-0.25, -0.2) is 17.6 Å². The Morgan fingerprint density at radius 2 is 1.94 bits per heavy atom. The minimum absolute atomic E-state index is 0.00208. The van der Waals surface area contributed by atoms with E-state index >= 15 is 0 Å². The lowest BCUT2D eigenvalue weighted by molar-refractivity contribution is -0.141. The molecule has 0 aliphatic heterocycles. The van der Waals surface area contributed by atoms with Crippen molar-refractivity contribution in [2.45, 2.75) is 58.0 Å². The first-order chi connectivity index (χ1) is 16.3. The smallest absolute Gasteiger partial charge is 0.433 e. The topological polar surface area (TPSA) is 141 Å². The largest absolute Gasteiger partial charge is 0.507 e. The van der Waals surface area contributed by atoms with Crippen molar-refractivity contribution in [2.24, 2.45) is 5.73 Å². The van der Waals surface area contributed by atoms with E-state index in [0.717, 1.165) is 12.5 Å². The minimum atomic E-state index is -4.64. The number of nitrogens with two attached hydrogens (primary N) is 1. The van der Waals surface area contributed by atoms with Gasteiger partial charge >= 0.3 is 6.18 Å². The number of aromatic nitrogens is 1. The van der Waals surface area contributed by atoms with Crippen LogP contribution in [0.25, 0.3) is 0 Å². The minimum Gasteiger partial charge on any atom is -0.507 e. The number of benzene rings is 1. The van der Waals surface area contributed by atoms with Gasteiger partial charge in [-0.05, 0) is 44.0 Å². The number of carbonyl (C=O) groups excluding carboxylic acids is 1. The average molecular weight is 520 g/mol. The van der Waals surface area contributed by atoms with E-state index in [1.165, 1.54) is 31.2 Å². The van der Waals surface area contributed by atoms with Crippen LogP contribution in [0.5, 0.6) is 11.6 Å². The summed E-state index contributed by atoms with van der Waals surface area (Å²) in [5, 5.41) is 12.9. The Kier molecular flexibility index (Phi) is 9.46. The van der Waals surface area contributed by atoms with Crippen LogP contribution in [0, 0.1) is 0 Å². The summed E-state index contributed by atoms with van der Waals surface area (Å²) in [4.78, 5) is 16.3. The number of phenolic OH excluding ortho intramolecular Hbond substituents is 1. The summed E-state index contributed by atoms with van der Waals surface area (Å²) in [5.74, 6) is -1.83. The average Bonchev–Trinajstić information content (AvgIpc) is 2.75. The van der Waals surface area contributed by atoms with Gasteiger partial charge in [0, 0.05) is 17.7 Å². The summed E-state index contributed by atoms with van der Waals surface area (Å²) < 4.78 is 70.8. The molecule has 0 saturated carbocycles. The predicted octanol–water partition coefficient (Wildman–Crippen LogP) is 3.08. The summed E-state index contributed by atoms with van der Waals surface area (Å²) in [6.45, 7) is 4.76. The zero-order valence-electron chi connectivity index (χ0n) is 19.4. The molecule has 2 atom stereocenters. The van der Waals surface area contributed by atoms with Gasteiger partial charge in [-0.1, -0.05) is 25.5 Å². The van der Waals surface area contributed by atoms with Gasteiger partial charge in [-0.3, -0.25) is 10.5 Å². The third-order valence-electron chi connectivity index (χ3n) is 5.13. The second-order valence-corrected chi connectivity index (χ2v) is 8.63. The number of pyridine rings is 1. The van der Waals surface area contributed by atoms with Crippen molar-refractivity contribution in [1.82, 2.24) is 10.3 Å². The van der Waals surface area contributed by atoms with Crippen molar-refractivity contribution in [3.63, 3.8) is 0 Å². The summed E-state index contributed by atoms with van der Waals surface area (Å²) in [7, 11) is -3.28. The molecule has 0 radical (unpaired) electrons. The van der Waals surface area contributed by atoms with Crippen LogP contribution in [0.4, 0.5) is 13.2 Å². The number of phenols is 1. The Labute approximate surface area is 202 Å². The van der Waals surface area contributed by atoms with Gasteiger partial charge in [-0.15, -0.1) is 0 Å².